The van der Waals surface area contributed by atoms with Crippen LogP contribution in [0.3, 0.4) is 0 Å². The van der Waals surface area contributed by atoms with E-state index in [2.05, 4.69) is 27.4 Å². The second kappa shape index (κ2) is 6.56. The second-order valence-corrected chi connectivity index (χ2v) is 5.81. The number of nitrogens with one attached hydrogen (secondary N) is 1. The van der Waals surface area contributed by atoms with Crippen LogP contribution in [0.2, 0.25) is 5.02 Å². The zero-order valence-corrected chi connectivity index (χ0v) is 12.8. The molecule has 2 aromatic rings. The van der Waals surface area contributed by atoms with Gasteiger partial charge in [-0.15, -0.1) is 0 Å². The van der Waals surface area contributed by atoms with Gasteiger partial charge >= 0.3 is 0 Å². The fourth-order valence-corrected chi connectivity index (χ4v) is 2.84. The van der Waals surface area contributed by atoms with Gasteiger partial charge in [0, 0.05) is 18.2 Å². The molecule has 0 amide bonds. The number of hydrogen-bond donors (Lipinski definition) is 1. The fourth-order valence-electron chi connectivity index (χ4n) is 2.62. The van der Waals surface area contributed by atoms with E-state index in [0.29, 0.717) is 29.3 Å². The minimum absolute atomic E-state index is 0.523. The van der Waals surface area contributed by atoms with E-state index < -0.39 is 0 Å². The van der Waals surface area contributed by atoms with Crippen LogP contribution in [0.5, 0.6) is 0 Å². The zero-order valence-electron chi connectivity index (χ0n) is 12.1. The molecule has 0 bridgehead atoms. The number of likely N-dealkylation sites (N-methyl/N-ethyl adjacent to an activating group) is 1. The lowest BCUT2D eigenvalue weighted by atomic mass is 10.1. The van der Waals surface area contributed by atoms with Crippen LogP contribution in [0.15, 0.2) is 28.8 Å². The van der Waals surface area contributed by atoms with Gasteiger partial charge in [-0.05, 0) is 38.6 Å². The van der Waals surface area contributed by atoms with Crippen molar-refractivity contribution in [2.24, 2.45) is 0 Å². The highest BCUT2D eigenvalue weighted by atomic mass is 35.5. The molecule has 1 aromatic heterocycles. The molecule has 3 rings (SSSR count). The summed E-state index contributed by atoms with van der Waals surface area (Å²) in [7, 11) is 2.09. The molecule has 2 heterocycles. The number of benzene rings is 1. The summed E-state index contributed by atoms with van der Waals surface area (Å²) in [5, 5.41) is 8.08. The highest BCUT2D eigenvalue weighted by Gasteiger charge is 2.20. The van der Waals surface area contributed by atoms with E-state index in [1.165, 1.54) is 12.8 Å². The van der Waals surface area contributed by atoms with Gasteiger partial charge in [0.2, 0.25) is 11.7 Å². The Hall–Kier alpha value is -1.43. The van der Waals surface area contributed by atoms with E-state index in [-0.39, 0.29) is 0 Å². The standard InChI is InChI=1S/C15H19ClN4O/c1-20(11-5-4-8-17-9-11)10-14-18-15(19-21-14)12-6-2-3-7-13(12)16/h2-3,6-7,11,17H,4-5,8-10H2,1H3. The van der Waals surface area contributed by atoms with Gasteiger partial charge in [0.05, 0.1) is 11.6 Å². The average Bonchev–Trinajstić information content (AvgIpc) is 2.97. The lowest BCUT2D eigenvalue weighted by molar-refractivity contribution is 0.174. The summed E-state index contributed by atoms with van der Waals surface area (Å²) >= 11 is 6.16. The Morgan fingerprint density at radius 1 is 1.43 bits per heavy atom. The van der Waals surface area contributed by atoms with Crippen molar-refractivity contribution in [3.63, 3.8) is 0 Å². The Bertz CT molecular complexity index is 595. The molecule has 0 saturated carbocycles. The molecule has 1 N–H and O–H groups in total. The summed E-state index contributed by atoms with van der Waals surface area (Å²) in [4.78, 5) is 6.71. The number of piperidine rings is 1. The van der Waals surface area contributed by atoms with Gasteiger partial charge in [0.1, 0.15) is 0 Å². The van der Waals surface area contributed by atoms with Crippen molar-refractivity contribution in [3.05, 3.63) is 35.2 Å². The third kappa shape index (κ3) is 3.43. The first kappa shape index (κ1) is 14.5. The molecule has 112 valence electrons. The van der Waals surface area contributed by atoms with Crippen molar-refractivity contribution in [1.29, 1.82) is 0 Å². The smallest absolute Gasteiger partial charge is 0.241 e. The van der Waals surface area contributed by atoms with Gasteiger partial charge in [0.25, 0.3) is 0 Å². The number of aromatic nitrogens is 2. The number of hydrogen-bond acceptors (Lipinski definition) is 5. The summed E-state index contributed by atoms with van der Waals surface area (Å²) in [6.45, 7) is 2.79. The number of rotatable bonds is 4. The molecule has 1 unspecified atom stereocenters. The van der Waals surface area contributed by atoms with Gasteiger partial charge in [0.15, 0.2) is 0 Å². The van der Waals surface area contributed by atoms with E-state index in [1.807, 2.05) is 24.3 Å². The summed E-state index contributed by atoms with van der Waals surface area (Å²) in [6.07, 6.45) is 2.42. The molecule has 1 atom stereocenters. The predicted molar refractivity (Wildman–Crippen MR) is 82.1 cm³/mol. The second-order valence-electron chi connectivity index (χ2n) is 5.41. The van der Waals surface area contributed by atoms with Gasteiger partial charge in [-0.2, -0.15) is 4.98 Å². The molecule has 1 aliphatic rings. The first-order chi connectivity index (χ1) is 10.2. The zero-order chi connectivity index (χ0) is 14.7. The largest absolute Gasteiger partial charge is 0.338 e. The Morgan fingerprint density at radius 3 is 3.05 bits per heavy atom. The molecular weight excluding hydrogens is 288 g/mol. The predicted octanol–water partition coefficient (Wildman–Crippen LogP) is 2.57. The molecule has 0 radical (unpaired) electrons. The van der Waals surface area contributed by atoms with Crippen LogP contribution in [0.25, 0.3) is 11.4 Å². The van der Waals surface area contributed by atoms with Crippen molar-refractivity contribution >= 4 is 11.6 Å². The highest BCUT2D eigenvalue weighted by Crippen LogP contribution is 2.25. The van der Waals surface area contributed by atoms with Crippen molar-refractivity contribution in [2.75, 3.05) is 20.1 Å². The first-order valence-electron chi connectivity index (χ1n) is 7.22. The van der Waals surface area contributed by atoms with Crippen molar-refractivity contribution in [2.45, 2.75) is 25.4 Å². The maximum absolute atomic E-state index is 6.16. The third-order valence-corrected chi connectivity index (χ3v) is 4.19. The SMILES string of the molecule is CN(Cc1nc(-c2ccccc2Cl)no1)C1CCCNC1. The fraction of sp³-hybridized carbons (Fsp3) is 0.467. The minimum atomic E-state index is 0.523. The quantitative estimate of drug-likeness (QED) is 0.941. The number of nitrogens with zero attached hydrogens (tertiary/aromatic N) is 3. The third-order valence-electron chi connectivity index (χ3n) is 3.86. The molecule has 6 heteroatoms. The van der Waals surface area contributed by atoms with Crippen LogP contribution in [-0.2, 0) is 6.54 Å². The Labute approximate surface area is 129 Å². The Kier molecular flexibility index (Phi) is 4.53. The van der Waals surface area contributed by atoms with E-state index in [0.717, 1.165) is 18.7 Å². The monoisotopic (exact) mass is 306 g/mol. The molecule has 1 saturated heterocycles. The molecule has 5 nitrogen and oxygen atoms in total. The first-order valence-corrected chi connectivity index (χ1v) is 7.60. The topological polar surface area (TPSA) is 54.2 Å². The molecule has 1 aliphatic heterocycles. The van der Waals surface area contributed by atoms with Crippen LogP contribution in [-0.4, -0.2) is 41.2 Å². The van der Waals surface area contributed by atoms with Crippen molar-refractivity contribution in [1.82, 2.24) is 20.4 Å². The summed E-state index contributed by atoms with van der Waals surface area (Å²) < 4.78 is 5.35. The maximum atomic E-state index is 6.16. The molecular formula is C15H19ClN4O. The summed E-state index contributed by atoms with van der Waals surface area (Å²) in [5.74, 6) is 1.17. The van der Waals surface area contributed by atoms with Crippen molar-refractivity contribution < 1.29 is 4.52 Å². The van der Waals surface area contributed by atoms with Gasteiger partial charge in [-0.1, -0.05) is 28.9 Å². The van der Waals surface area contributed by atoms with E-state index >= 15 is 0 Å². The van der Waals surface area contributed by atoms with Gasteiger partial charge < -0.3 is 9.84 Å². The van der Waals surface area contributed by atoms with Gasteiger partial charge in [-0.25, -0.2) is 0 Å². The van der Waals surface area contributed by atoms with Gasteiger partial charge in [-0.3, -0.25) is 4.90 Å². The lowest BCUT2D eigenvalue weighted by Crippen LogP contribution is -2.43. The molecule has 21 heavy (non-hydrogen) atoms. The molecule has 0 aliphatic carbocycles. The number of halogens is 1. The van der Waals surface area contributed by atoms with Crippen LogP contribution < -0.4 is 5.32 Å². The van der Waals surface area contributed by atoms with E-state index in [1.54, 1.807) is 0 Å². The Morgan fingerprint density at radius 2 is 2.29 bits per heavy atom. The highest BCUT2D eigenvalue weighted by molar-refractivity contribution is 6.33. The normalized spacial score (nSPS) is 19.1. The molecule has 1 fully saturated rings. The van der Waals surface area contributed by atoms with Crippen molar-refractivity contribution in [3.8, 4) is 11.4 Å². The maximum Gasteiger partial charge on any atom is 0.241 e. The molecule has 0 spiro atoms. The van der Waals surface area contributed by atoms with E-state index in [4.69, 9.17) is 16.1 Å². The summed E-state index contributed by atoms with van der Waals surface area (Å²) in [6, 6.07) is 8.04. The van der Waals surface area contributed by atoms with Crippen LogP contribution in [0.4, 0.5) is 0 Å². The van der Waals surface area contributed by atoms with Crippen LogP contribution in [0.1, 0.15) is 18.7 Å². The van der Waals surface area contributed by atoms with Crippen LogP contribution >= 0.6 is 11.6 Å². The van der Waals surface area contributed by atoms with Crippen LogP contribution in [0, 0.1) is 0 Å². The van der Waals surface area contributed by atoms with E-state index in [9.17, 15) is 0 Å². The summed E-state index contributed by atoms with van der Waals surface area (Å²) in [5.41, 5.74) is 0.802. The minimum Gasteiger partial charge on any atom is -0.338 e. The lowest BCUT2D eigenvalue weighted by Gasteiger charge is -2.30. The Balaban J connectivity index is 1.69. The average molecular weight is 307 g/mol. The molecule has 1 aromatic carbocycles.